The molecular weight excluding hydrogens is 275 g/mol. The first-order valence-electron chi connectivity index (χ1n) is 7.08. The molecule has 0 atom stereocenters. The van der Waals surface area contributed by atoms with Gasteiger partial charge in [0.15, 0.2) is 0 Å². The molecule has 0 aliphatic rings. The van der Waals surface area contributed by atoms with E-state index in [9.17, 15) is 9.18 Å². The van der Waals surface area contributed by atoms with Gasteiger partial charge in [0.05, 0.1) is 24.5 Å². The van der Waals surface area contributed by atoms with Crippen LogP contribution in [-0.2, 0) is 9.47 Å². The van der Waals surface area contributed by atoms with Gasteiger partial charge in [0.25, 0.3) is 5.91 Å². The standard InChI is InChI=1S/C15H23FN2O3/c1-3-17-14-12(6-4-7-13(14)16)15(19)18-8-5-9-21-11-10-20-2/h4,6-7,17H,3,5,8-11H2,1-2H3,(H,18,19). The van der Waals surface area contributed by atoms with Gasteiger partial charge in [-0.25, -0.2) is 4.39 Å². The first-order chi connectivity index (χ1) is 10.2. The number of halogens is 1. The van der Waals surface area contributed by atoms with E-state index in [0.717, 1.165) is 0 Å². The SMILES string of the molecule is CCNc1c(F)cccc1C(=O)NCCCOCCOC. The van der Waals surface area contributed by atoms with Crippen molar-refractivity contribution >= 4 is 11.6 Å². The van der Waals surface area contributed by atoms with Crippen molar-refractivity contribution < 1.29 is 18.7 Å². The van der Waals surface area contributed by atoms with Crippen LogP contribution in [0.3, 0.4) is 0 Å². The highest BCUT2D eigenvalue weighted by Gasteiger charge is 2.13. The van der Waals surface area contributed by atoms with Gasteiger partial charge in [-0.05, 0) is 25.5 Å². The minimum absolute atomic E-state index is 0.244. The Kier molecular flexibility index (Phi) is 8.38. The molecule has 118 valence electrons. The van der Waals surface area contributed by atoms with Gasteiger partial charge in [0.1, 0.15) is 5.82 Å². The van der Waals surface area contributed by atoms with E-state index in [1.165, 1.54) is 12.1 Å². The molecule has 0 saturated carbocycles. The van der Waals surface area contributed by atoms with Crippen molar-refractivity contribution in [3.8, 4) is 0 Å². The highest BCUT2D eigenvalue weighted by Crippen LogP contribution is 2.19. The average Bonchev–Trinajstić information content (AvgIpc) is 2.48. The summed E-state index contributed by atoms with van der Waals surface area (Å²) in [7, 11) is 1.62. The van der Waals surface area contributed by atoms with Gasteiger partial charge >= 0.3 is 0 Å². The third-order valence-corrected chi connectivity index (χ3v) is 2.79. The molecule has 0 radical (unpaired) electrons. The molecule has 0 fully saturated rings. The normalized spacial score (nSPS) is 10.4. The molecule has 0 heterocycles. The summed E-state index contributed by atoms with van der Waals surface area (Å²) in [4.78, 5) is 12.0. The van der Waals surface area contributed by atoms with Crippen molar-refractivity contribution in [3.63, 3.8) is 0 Å². The van der Waals surface area contributed by atoms with Crippen LogP contribution in [0.15, 0.2) is 18.2 Å². The smallest absolute Gasteiger partial charge is 0.253 e. The third kappa shape index (κ3) is 6.10. The largest absolute Gasteiger partial charge is 0.382 e. The lowest BCUT2D eigenvalue weighted by Crippen LogP contribution is -2.26. The summed E-state index contributed by atoms with van der Waals surface area (Å²) in [5.41, 5.74) is 0.561. The van der Waals surface area contributed by atoms with E-state index < -0.39 is 5.82 Å². The van der Waals surface area contributed by atoms with Crippen LogP contribution in [0.5, 0.6) is 0 Å². The molecule has 0 spiro atoms. The van der Waals surface area contributed by atoms with E-state index in [1.54, 1.807) is 13.2 Å². The molecule has 0 aliphatic heterocycles. The van der Waals surface area contributed by atoms with Gasteiger partial charge in [-0.3, -0.25) is 4.79 Å². The topological polar surface area (TPSA) is 59.6 Å². The average molecular weight is 298 g/mol. The fourth-order valence-electron chi connectivity index (χ4n) is 1.79. The Morgan fingerprint density at radius 3 is 2.81 bits per heavy atom. The molecule has 2 N–H and O–H groups in total. The Bertz CT molecular complexity index is 441. The Morgan fingerprint density at radius 2 is 2.10 bits per heavy atom. The molecule has 0 saturated heterocycles. The third-order valence-electron chi connectivity index (χ3n) is 2.79. The van der Waals surface area contributed by atoms with Gasteiger partial charge in [0.2, 0.25) is 0 Å². The molecule has 0 unspecified atom stereocenters. The van der Waals surface area contributed by atoms with E-state index in [0.29, 0.717) is 44.9 Å². The first kappa shape index (κ1) is 17.4. The van der Waals surface area contributed by atoms with Gasteiger partial charge in [-0.1, -0.05) is 6.07 Å². The number of carbonyl (C=O) groups is 1. The van der Waals surface area contributed by atoms with Crippen LogP contribution in [0.1, 0.15) is 23.7 Å². The number of rotatable bonds is 10. The fourth-order valence-corrected chi connectivity index (χ4v) is 1.79. The minimum atomic E-state index is -0.424. The van der Waals surface area contributed by atoms with Gasteiger partial charge in [-0.2, -0.15) is 0 Å². The Labute approximate surface area is 124 Å². The maximum atomic E-state index is 13.7. The minimum Gasteiger partial charge on any atom is -0.382 e. The zero-order valence-electron chi connectivity index (χ0n) is 12.6. The highest BCUT2D eigenvalue weighted by atomic mass is 19.1. The van der Waals surface area contributed by atoms with Crippen LogP contribution in [0.2, 0.25) is 0 Å². The summed E-state index contributed by atoms with van der Waals surface area (Å²) >= 11 is 0. The molecule has 0 aromatic heterocycles. The van der Waals surface area contributed by atoms with Crippen LogP contribution in [0, 0.1) is 5.82 Å². The van der Waals surface area contributed by atoms with Crippen LogP contribution < -0.4 is 10.6 Å². The number of benzene rings is 1. The van der Waals surface area contributed by atoms with Crippen molar-refractivity contribution in [2.24, 2.45) is 0 Å². The van der Waals surface area contributed by atoms with E-state index in [1.807, 2.05) is 6.92 Å². The second-order valence-corrected chi connectivity index (χ2v) is 4.41. The lowest BCUT2D eigenvalue weighted by Gasteiger charge is -2.12. The van der Waals surface area contributed by atoms with E-state index in [-0.39, 0.29) is 11.6 Å². The number of anilines is 1. The molecular formula is C15H23FN2O3. The number of para-hydroxylation sites is 1. The second kappa shape index (κ2) is 10.1. The lowest BCUT2D eigenvalue weighted by molar-refractivity contribution is 0.0688. The van der Waals surface area contributed by atoms with E-state index in [4.69, 9.17) is 9.47 Å². The first-order valence-corrected chi connectivity index (χ1v) is 7.08. The zero-order valence-corrected chi connectivity index (χ0v) is 12.6. The van der Waals surface area contributed by atoms with E-state index >= 15 is 0 Å². The number of ether oxygens (including phenoxy) is 2. The molecule has 1 aromatic carbocycles. The predicted molar refractivity (Wildman–Crippen MR) is 80.2 cm³/mol. The number of amides is 1. The Morgan fingerprint density at radius 1 is 1.29 bits per heavy atom. The summed E-state index contributed by atoms with van der Waals surface area (Å²) in [5, 5.41) is 5.63. The fraction of sp³-hybridized carbons (Fsp3) is 0.533. The Balaban J connectivity index is 2.40. The molecule has 1 rings (SSSR count). The molecule has 1 aromatic rings. The maximum Gasteiger partial charge on any atom is 0.253 e. The van der Waals surface area contributed by atoms with Gasteiger partial charge < -0.3 is 20.1 Å². The summed E-state index contributed by atoms with van der Waals surface area (Å²) in [5.74, 6) is -0.713. The highest BCUT2D eigenvalue weighted by molar-refractivity contribution is 5.99. The molecule has 0 aliphatic carbocycles. The summed E-state index contributed by atoms with van der Waals surface area (Å²) in [6, 6.07) is 4.46. The quantitative estimate of drug-likeness (QED) is 0.649. The summed E-state index contributed by atoms with van der Waals surface area (Å²) in [6.07, 6.45) is 0.696. The second-order valence-electron chi connectivity index (χ2n) is 4.41. The van der Waals surface area contributed by atoms with Crippen molar-refractivity contribution in [1.82, 2.24) is 5.32 Å². The lowest BCUT2D eigenvalue weighted by atomic mass is 10.1. The molecule has 0 bridgehead atoms. The number of hydrogen-bond donors (Lipinski definition) is 2. The summed E-state index contributed by atoms with van der Waals surface area (Å²) in [6.45, 7) is 4.53. The van der Waals surface area contributed by atoms with E-state index in [2.05, 4.69) is 10.6 Å². The zero-order chi connectivity index (χ0) is 15.5. The molecule has 21 heavy (non-hydrogen) atoms. The van der Waals surface area contributed by atoms with Crippen molar-refractivity contribution in [2.45, 2.75) is 13.3 Å². The number of carbonyl (C=O) groups excluding carboxylic acids is 1. The number of hydrogen-bond acceptors (Lipinski definition) is 4. The predicted octanol–water partition coefficient (Wildman–Crippen LogP) is 2.04. The van der Waals surface area contributed by atoms with Crippen molar-refractivity contribution in [1.29, 1.82) is 0 Å². The van der Waals surface area contributed by atoms with Crippen LogP contribution in [0.25, 0.3) is 0 Å². The molecule has 5 nitrogen and oxygen atoms in total. The summed E-state index contributed by atoms with van der Waals surface area (Å²) < 4.78 is 23.8. The Hall–Kier alpha value is -1.66. The number of nitrogens with one attached hydrogen (secondary N) is 2. The number of methoxy groups -OCH3 is 1. The van der Waals surface area contributed by atoms with Crippen LogP contribution >= 0.6 is 0 Å². The van der Waals surface area contributed by atoms with Gasteiger partial charge in [-0.15, -0.1) is 0 Å². The van der Waals surface area contributed by atoms with Gasteiger partial charge in [0, 0.05) is 26.8 Å². The molecule has 6 heteroatoms. The van der Waals surface area contributed by atoms with Crippen LogP contribution in [0.4, 0.5) is 10.1 Å². The monoisotopic (exact) mass is 298 g/mol. The maximum absolute atomic E-state index is 13.7. The van der Waals surface area contributed by atoms with Crippen molar-refractivity contribution in [2.75, 3.05) is 45.3 Å². The van der Waals surface area contributed by atoms with Crippen molar-refractivity contribution in [3.05, 3.63) is 29.6 Å². The molecule has 1 amide bonds. The van der Waals surface area contributed by atoms with Crippen LogP contribution in [-0.4, -0.2) is 45.9 Å².